The number of benzene rings is 1. The molecule has 172 valence electrons. The molecule has 1 fully saturated rings. The molecule has 0 spiro atoms. The molecular weight excluding hydrogens is 416 g/mol. The number of carbonyl (C=O) groups is 4. The minimum absolute atomic E-state index is 0.162. The number of carbonyl (C=O) groups excluding carboxylic acids is 4. The third-order valence-electron chi connectivity index (χ3n) is 5.47. The first-order chi connectivity index (χ1) is 15.3. The predicted octanol–water partition coefficient (Wildman–Crippen LogP) is 0.960. The Bertz CT molecular complexity index is 1030. The Morgan fingerprint density at radius 3 is 2.62 bits per heavy atom. The molecule has 0 unspecified atom stereocenters. The van der Waals surface area contributed by atoms with Crippen LogP contribution < -0.4 is 22.1 Å². The number of esters is 1. The second kappa shape index (κ2) is 9.69. The van der Waals surface area contributed by atoms with Crippen molar-refractivity contribution >= 4 is 40.5 Å². The molecule has 4 amide bonds. The number of anilines is 1. The number of hydrogen-bond donors (Lipinski definition) is 4. The smallest absolute Gasteiger partial charge is 0.328 e. The van der Waals surface area contributed by atoms with Crippen LogP contribution >= 0.6 is 0 Å². The Kier molecular flexibility index (Phi) is 6.98. The van der Waals surface area contributed by atoms with Crippen LogP contribution in [0.4, 0.5) is 15.3 Å². The Morgan fingerprint density at radius 2 is 1.97 bits per heavy atom. The molecule has 1 aliphatic rings. The molecular formula is C21H28N6O5. The van der Waals surface area contributed by atoms with E-state index in [-0.39, 0.29) is 13.0 Å². The van der Waals surface area contributed by atoms with Gasteiger partial charge < -0.3 is 31.7 Å². The number of methoxy groups -OCH3 is 1. The standard InChI is InChI=1S/C21H28N6O5/c1-3-6-14(19(29)32-2)24-18(28)17-9-12(22)10-27(17)21(31)25-15-11-26(20(23)30)16-8-5-4-7-13(15)16/h4-5,7-8,11-12,14,17H,3,6,9-10,22H2,1-2H3,(H2,23,30)(H,24,28)(H,25,31)/t12-,14-,17-/m0/s1. The van der Waals surface area contributed by atoms with E-state index in [1.54, 1.807) is 24.3 Å². The number of nitrogens with zero attached hydrogens (tertiary/aromatic N) is 2. The highest BCUT2D eigenvalue weighted by molar-refractivity contribution is 6.05. The zero-order valence-corrected chi connectivity index (χ0v) is 18.0. The summed E-state index contributed by atoms with van der Waals surface area (Å²) in [6.07, 6.45) is 2.77. The van der Waals surface area contributed by atoms with Gasteiger partial charge in [-0.1, -0.05) is 31.5 Å². The molecule has 11 nitrogen and oxygen atoms in total. The molecule has 6 N–H and O–H groups in total. The molecule has 0 saturated carbocycles. The molecule has 1 aromatic heterocycles. The van der Waals surface area contributed by atoms with E-state index in [2.05, 4.69) is 10.6 Å². The van der Waals surface area contributed by atoms with E-state index in [1.165, 1.54) is 22.8 Å². The fraction of sp³-hybridized carbons (Fsp3) is 0.429. The first-order valence-electron chi connectivity index (χ1n) is 10.4. The Hall–Kier alpha value is -3.60. The summed E-state index contributed by atoms with van der Waals surface area (Å²) >= 11 is 0. The number of likely N-dealkylation sites (tertiary alicyclic amines) is 1. The van der Waals surface area contributed by atoms with Crippen LogP contribution in [-0.4, -0.2) is 65.2 Å². The molecule has 1 aliphatic heterocycles. The van der Waals surface area contributed by atoms with Gasteiger partial charge in [-0.3, -0.25) is 9.36 Å². The van der Waals surface area contributed by atoms with Crippen molar-refractivity contribution in [3.8, 4) is 0 Å². The highest BCUT2D eigenvalue weighted by atomic mass is 16.5. The van der Waals surface area contributed by atoms with Crippen LogP contribution in [-0.2, 0) is 14.3 Å². The zero-order chi connectivity index (χ0) is 23.4. The van der Waals surface area contributed by atoms with E-state index < -0.39 is 42.1 Å². The van der Waals surface area contributed by atoms with Gasteiger partial charge in [0.1, 0.15) is 12.1 Å². The fourth-order valence-electron chi connectivity index (χ4n) is 3.94. The molecule has 2 aromatic rings. The maximum Gasteiger partial charge on any atom is 0.328 e. The molecule has 1 aromatic carbocycles. The summed E-state index contributed by atoms with van der Waals surface area (Å²) < 4.78 is 5.99. The van der Waals surface area contributed by atoms with E-state index in [9.17, 15) is 19.2 Å². The number of nitrogens with two attached hydrogens (primary N) is 2. The Balaban J connectivity index is 1.80. The summed E-state index contributed by atoms with van der Waals surface area (Å²) in [7, 11) is 1.25. The number of nitrogens with one attached hydrogen (secondary N) is 2. The summed E-state index contributed by atoms with van der Waals surface area (Å²) in [5.41, 5.74) is 12.4. The quantitative estimate of drug-likeness (QED) is 0.485. The highest BCUT2D eigenvalue weighted by Crippen LogP contribution is 2.27. The molecule has 3 atom stereocenters. The van der Waals surface area contributed by atoms with Crippen molar-refractivity contribution < 1.29 is 23.9 Å². The third kappa shape index (κ3) is 4.67. The summed E-state index contributed by atoms with van der Waals surface area (Å²) in [5, 5.41) is 6.05. The monoisotopic (exact) mass is 444 g/mol. The zero-order valence-electron chi connectivity index (χ0n) is 18.0. The van der Waals surface area contributed by atoms with Gasteiger partial charge in [-0.2, -0.15) is 0 Å². The number of primary amides is 1. The lowest BCUT2D eigenvalue weighted by Crippen LogP contribution is -2.51. The van der Waals surface area contributed by atoms with Crippen molar-refractivity contribution in [3.63, 3.8) is 0 Å². The lowest BCUT2D eigenvalue weighted by Gasteiger charge is -2.25. The number of ether oxygens (including phenoxy) is 1. The second-order valence-electron chi connectivity index (χ2n) is 7.74. The molecule has 32 heavy (non-hydrogen) atoms. The SMILES string of the molecule is CCC[C@H](NC(=O)[C@@H]1C[C@H](N)CN1C(=O)Nc1cn(C(N)=O)c2ccccc12)C(=O)OC. The number of rotatable bonds is 6. The summed E-state index contributed by atoms with van der Waals surface area (Å²) in [4.78, 5) is 51.0. The van der Waals surface area contributed by atoms with Crippen molar-refractivity contribution in [3.05, 3.63) is 30.5 Å². The average molecular weight is 444 g/mol. The maximum atomic E-state index is 13.1. The largest absolute Gasteiger partial charge is 0.467 e. The normalized spacial score (nSPS) is 18.9. The van der Waals surface area contributed by atoms with Gasteiger partial charge in [0.05, 0.1) is 18.3 Å². The lowest BCUT2D eigenvalue weighted by molar-refractivity contribution is -0.145. The number of aromatic nitrogens is 1. The van der Waals surface area contributed by atoms with Crippen LogP contribution in [0.25, 0.3) is 10.9 Å². The van der Waals surface area contributed by atoms with Gasteiger partial charge in [-0.05, 0) is 18.9 Å². The predicted molar refractivity (Wildman–Crippen MR) is 118 cm³/mol. The molecule has 3 rings (SSSR count). The molecule has 1 saturated heterocycles. The lowest BCUT2D eigenvalue weighted by atomic mass is 10.1. The van der Waals surface area contributed by atoms with Crippen molar-refractivity contribution in [1.82, 2.24) is 14.8 Å². The Morgan fingerprint density at radius 1 is 1.25 bits per heavy atom. The minimum Gasteiger partial charge on any atom is -0.467 e. The van der Waals surface area contributed by atoms with E-state index in [0.29, 0.717) is 29.4 Å². The summed E-state index contributed by atoms with van der Waals surface area (Å²) in [5.74, 6) is -1.02. The molecule has 0 aliphatic carbocycles. The Labute approximate surface area is 185 Å². The van der Waals surface area contributed by atoms with Gasteiger partial charge in [0.15, 0.2) is 0 Å². The van der Waals surface area contributed by atoms with Gasteiger partial charge in [-0.25, -0.2) is 14.4 Å². The molecule has 0 radical (unpaired) electrons. The number of urea groups is 1. The number of amides is 4. The van der Waals surface area contributed by atoms with Gasteiger partial charge in [0, 0.05) is 24.2 Å². The van der Waals surface area contributed by atoms with Crippen LogP contribution in [0.5, 0.6) is 0 Å². The average Bonchev–Trinajstić information content (AvgIpc) is 3.34. The van der Waals surface area contributed by atoms with Crippen molar-refractivity contribution in [2.45, 2.75) is 44.3 Å². The summed E-state index contributed by atoms with van der Waals surface area (Å²) in [6, 6.07) is 3.70. The topological polar surface area (TPSA) is 162 Å². The van der Waals surface area contributed by atoms with Crippen LogP contribution in [0.3, 0.4) is 0 Å². The van der Waals surface area contributed by atoms with Gasteiger partial charge in [0.25, 0.3) is 0 Å². The maximum absolute atomic E-state index is 13.1. The first kappa shape index (κ1) is 23.1. The molecule has 2 heterocycles. The van der Waals surface area contributed by atoms with Crippen LogP contribution in [0.2, 0.25) is 0 Å². The summed E-state index contributed by atoms with van der Waals surface area (Å²) in [6.45, 7) is 2.05. The van der Waals surface area contributed by atoms with Crippen LogP contribution in [0.1, 0.15) is 26.2 Å². The van der Waals surface area contributed by atoms with E-state index in [0.717, 1.165) is 0 Å². The fourth-order valence-corrected chi connectivity index (χ4v) is 3.94. The first-order valence-corrected chi connectivity index (χ1v) is 10.4. The van der Waals surface area contributed by atoms with Crippen LogP contribution in [0, 0.1) is 0 Å². The number of para-hydroxylation sites is 1. The van der Waals surface area contributed by atoms with E-state index in [1.807, 2.05) is 6.92 Å². The second-order valence-corrected chi connectivity index (χ2v) is 7.74. The number of hydrogen-bond acceptors (Lipinski definition) is 6. The van der Waals surface area contributed by atoms with Crippen LogP contribution in [0.15, 0.2) is 30.5 Å². The molecule has 0 bridgehead atoms. The van der Waals surface area contributed by atoms with Crippen molar-refractivity contribution in [2.75, 3.05) is 19.0 Å². The van der Waals surface area contributed by atoms with Gasteiger partial charge in [0.2, 0.25) is 5.91 Å². The van der Waals surface area contributed by atoms with E-state index in [4.69, 9.17) is 16.2 Å². The minimum atomic E-state index is -0.849. The van der Waals surface area contributed by atoms with Crippen molar-refractivity contribution in [2.24, 2.45) is 11.5 Å². The van der Waals surface area contributed by atoms with Gasteiger partial charge in [-0.15, -0.1) is 0 Å². The van der Waals surface area contributed by atoms with Gasteiger partial charge >= 0.3 is 18.0 Å². The number of fused-ring (bicyclic) bond motifs is 1. The van der Waals surface area contributed by atoms with Crippen molar-refractivity contribution in [1.29, 1.82) is 0 Å². The highest BCUT2D eigenvalue weighted by Gasteiger charge is 2.39. The molecule has 11 heteroatoms. The van der Waals surface area contributed by atoms with E-state index >= 15 is 0 Å². The third-order valence-corrected chi connectivity index (χ3v) is 5.47.